The normalized spacial score (nSPS) is 10.6. The van der Waals surface area contributed by atoms with E-state index in [1.807, 2.05) is 6.92 Å². The van der Waals surface area contributed by atoms with Crippen molar-refractivity contribution >= 4 is 16.9 Å². The van der Waals surface area contributed by atoms with Crippen LogP contribution in [0.25, 0.3) is 10.9 Å². The van der Waals surface area contributed by atoms with Crippen molar-refractivity contribution in [2.45, 2.75) is 26.8 Å². The van der Waals surface area contributed by atoms with E-state index < -0.39 is 5.97 Å². The second-order valence-corrected chi connectivity index (χ2v) is 4.32. The zero-order valence-corrected chi connectivity index (χ0v) is 12.3. The molecule has 0 aliphatic heterocycles. The highest BCUT2D eigenvalue weighted by atomic mass is 16.5. The molecule has 2 aromatic heterocycles. The number of carbonyl (C=O) groups is 1. The zero-order valence-electron chi connectivity index (χ0n) is 12.3. The lowest BCUT2D eigenvalue weighted by atomic mass is 10.2. The number of nitrogens with zero attached hydrogens (tertiary/aromatic N) is 3. The van der Waals surface area contributed by atoms with Gasteiger partial charge in [-0.2, -0.15) is 5.10 Å². The lowest BCUT2D eigenvalue weighted by Crippen LogP contribution is -2.29. The van der Waals surface area contributed by atoms with Crippen LogP contribution in [0.15, 0.2) is 16.9 Å². The molecule has 0 amide bonds. The molecule has 0 unspecified atom stereocenters. The molecule has 0 fully saturated rings. The minimum Gasteiger partial charge on any atom is -0.481 e. The molecular weight excluding hydrogens is 274 g/mol. The predicted molar refractivity (Wildman–Crippen MR) is 76.4 cm³/mol. The molecule has 0 aliphatic carbocycles. The van der Waals surface area contributed by atoms with E-state index in [2.05, 4.69) is 10.1 Å². The summed E-state index contributed by atoms with van der Waals surface area (Å²) in [5, 5.41) is 4.61. The molecule has 7 heteroatoms. The van der Waals surface area contributed by atoms with Gasteiger partial charge in [-0.1, -0.05) is 6.92 Å². The van der Waals surface area contributed by atoms with Crippen LogP contribution >= 0.6 is 0 Å². The third kappa shape index (κ3) is 3.01. The van der Waals surface area contributed by atoms with Crippen molar-refractivity contribution in [1.82, 2.24) is 14.8 Å². The Hall–Kier alpha value is -2.44. The minimum atomic E-state index is -0.491. The van der Waals surface area contributed by atoms with Gasteiger partial charge in [0.15, 0.2) is 0 Å². The van der Waals surface area contributed by atoms with E-state index in [-0.39, 0.29) is 18.7 Å². The van der Waals surface area contributed by atoms with Gasteiger partial charge in [-0.05, 0) is 19.4 Å². The average Bonchev–Trinajstić information content (AvgIpc) is 2.49. The van der Waals surface area contributed by atoms with Crippen molar-refractivity contribution in [1.29, 1.82) is 0 Å². The van der Waals surface area contributed by atoms with Gasteiger partial charge in [-0.25, -0.2) is 9.67 Å². The Kier molecular flexibility index (Phi) is 4.52. The summed E-state index contributed by atoms with van der Waals surface area (Å²) in [6, 6.07) is 3.24. The Morgan fingerprint density at radius 3 is 2.71 bits per heavy atom. The third-order valence-electron chi connectivity index (χ3n) is 2.98. The highest BCUT2D eigenvalue weighted by Gasteiger charge is 2.14. The van der Waals surface area contributed by atoms with Crippen molar-refractivity contribution in [3.8, 4) is 5.88 Å². The third-order valence-corrected chi connectivity index (χ3v) is 2.98. The van der Waals surface area contributed by atoms with Crippen LogP contribution in [-0.2, 0) is 22.5 Å². The SMILES string of the molecule is CCOC(=O)Cn1nc(CC)c2nc(OC)ccc2c1=O. The topological polar surface area (TPSA) is 83.3 Å². The first-order valence-corrected chi connectivity index (χ1v) is 6.71. The molecule has 0 saturated heterocycles. The maximum absolute atomic E-state index is 12.3. The number of esters is 1. The quantitative estimate of drug-likeness (QED) is 0.762. The second kappa shape index (κ2) is 6.34. The fraction of sp³-hybridized carbons (Fsp3) is 0.429. The largest absolute Gasteiger partial charge is 0.481 e. The van der Waals surface area contributed by atoms with E-state index in [9.17, 15) is 9.59 Å². The molecule has 2 heterocycles. The molecule has 0 N–H and O–H groups in total. The molecule has 2 rings (SSSR count). The van der Waals surface area contributed by atoms with Crippen LogP contribution < -0.4 is 10.3 Å². The molecule has 112 valence electrons. The van der Waals surface area contributed by atoms with Gasteiger partial charge in [-0.15, -0.1) is 0 Å². The molecule has 2 aromatic rings. The lowest BCUT2D eigenvalue weighted by Gasteiger charge is -2.09. The van der Waals surface area contributed by atoms with Crippen LogP contribution in [0.2, 0.25) is 0 Å². The summed E-state index contributed by atoms with van der Waals surface area (Å²) in [5.41, 5.74) is 0.764. The summed E-state index contributed by atoms with van der Waals surface area (Å²) >= 11 is 0. The predicted octanol–water partition coefficient (Wildman–Crippen LogP) is 0.926. The highest BCUT2D eigenvalue weighted by molar-refractivity contribution is 5.80. The minimum absolute atomic E-state index is 0.207. The smallest absolute Gasteiger partial charge is 0.327 e. The summed E-state index contributed by atoms with van der Waals surface area (Å²) in [6.45, 7) is 3.67. The number of carbonyl (C=O) groups excluding carboxylic acids is 1. The molecule has 0 spiro atoms. The molecule has 0 aliphatic rings. The fourth-order valence-corrected chi connectivity index (χ4v) is 2.00. The van der Waals surface area contributed by atoms with Gasteiger partial charge in [0.05, 0.1) is 24.8 Å². The van der Waals surface area contributed by atoms with E-state index in [0.29, 0.717) is 28.9 Å². The second-order valence-electron chi connectivity index (χ2n) is 4.32. The zero-order chi connectivity index (χ0) is 15.4. The van der Waals surface area contributed by atoms with Crippen molar-refractivity contribution in [2.75, 3.05) is 13.7 Å². The van der Waals surface area contributed by atoms with E-state index in [4.69, 9.17) is 9.47 Å². The first kappa shape index (κ1) is 15.0. The van der Waals surface area contributed by atoms with E-state index >= 15 is 0 Å². The van der Waals surface area contributed by atoms with Crippen LogP contribution in [-0.4, -0.2) is 34.5 Å². The summed E-state index contributed by atoms with van der Waals surface area (Å²) in [5.74, 6) is -0.0727. The van der Waals surface area contributed by atoms with Gasteiger partial charge in [0.1, 0.15) is 12.1 Å². The number of rotatable bonds is 5. The number of ether oxygens (including phenoxy) is 2. The maximum atomic E-state index is 12.3. The Balaban J connectivity index is 2.57. The van der Waals surface area contributed by atoms with Crippen LogP contribution in [0.3, 0.4) is 0 Å². The number of fused-ring (bicyclic) bond motifs is 1. The van der Waals surface area contributed by atoms with Gasteiger partial charge in [-0.3, -0.25) is 9.59 Å². The maximum Gasteiger partial charge on any atom is 0.327 e. The van der Waals surface area contributed by atoms with Gasteiger partial charge < -0.3 is 9.47 Å². The van der Waals surface area contributed by atoms with Crippen molar-refractivity contribution in [3.05, 3.63) is 28.2 Å². The fourth-order valence-electron chi connectivity index (χ4n) is 2.00. The number of methoxy groups -OCH3 is 1. The van der Waals surface area contributed by atoms with Crippen molar-refractivity contribution in [2.24, 2.45) is 0 Å². The summed E-state index contributed by atoms with van der Waals surface area (Å²) in [4.78, 5) is 28.2. The first-order chi connectivity index (χ1) is 10.1. The molecule has 7 nitrogen and oxygen atoms in total. The van der Waals surface area contributed by atoms with Crippen LogP contribution in [0.4, 0.5) is 0 Å². The van der Waals surface area contributed by atoms with Gasteiger partial charge in [0, 0.05) is 6.07 Å². The molecular formula is C14H17N3O4. The molecule has 0 aromatic carbocycles. The Bertz CT molecular complexity index is 724. The van der Waals surface area contributed by atoms with Gasteiger partial charge >= 0.3 is 5.97 Å². The lowest BCUT2D eigenvalue weighted by molar-refractivity contribution is -0.144. The standard InChI is InChI=1S/C14H17N3O4/c1-4-10-13-9(6-7-11(15-13)20-3)14(19)17(16-10)8-12(18)21-5-2/h6-7H,4-5,8H2,1-3H3. The van der Waals surface area contributed by atoms with Crippen molar-refractivity contribution in [3.63, 3.8) is 0 Å². The Morgan fingerprint density at radius 2 is 2.10 bits per heavy atom. The average molecular weight is 291 g/mol. The number of aryl methyl sites for hydroxylation is 1. The summed E-state index contributed by atoms with van der Waals surface area (Å²) in [7, 11) is 1.51. The Morgan fingerprint density at radius 1 is 1.33 bits per heavy atom. The van der Waals surface area contributed by atoms with Crippen LogP contribution in [0.1, 0.15) is 19.5 Å². The number of hydrogen-bond donors (Lipinski definition) is 0. The number of hydrogen-bond acceptors (Lipinski definition) is 6. The van der Waals surface area contributed by atoms with Gasteiger partial charge in [0.2, 0.25) is 5.88 Å². The van der Waals surface area contributed by atoms with E-state index in [0.717, 1.165) is 4.68 Å². The first-order valence-electron chi connectivity index (χ1n) is 6.71. The molecule has 0 saturated carbocycles. The molecule has 0 atom stereocenters. The van der Waals surface area contributed by atoms with Crippen molar-refractivity contribution < 1.29 is 14.3 Å². The van der Waals surface area contributed by atoms with E-state index in [1.165, 1.54) is 7.11 Å². The monoisotopic (exact) mass is 291 g/mol. The molecule has 0 radical (unpaired) electrons. The van der Waals surface area contributed by atoms with Gasteiger partial charge in [0.25, 0.3) is 5.56 Å². The number of pyridine rings is 1. The summed E-state index contributed by atoms with van der Waals surface area (Å²) in [6.07, 6.45) is 0.583. The molecule has 21 heavy (non-hydrogen) atoms. The van der Waals surface area contributed by atoms with Crippen LogP contribution in [0.5, 0.6) is 5.88 Å². The number of aromatic nitrogens is 3. The van der Waals surface area contributed by atoms with E-state index in [1.54, 1.807) is 19.1 Å². The summed E-state index contributed by atoms with van der Waals surface area (Å²) < 4.78 is 11.0. The van der Waals surface area contributed by atoms with Crippen LogP contribution in [0, 0.1) is 0 Å². The Labute approximate surface area is 121 Å². The highest BCUT2D eigenvalue weighted by Crippen LogP contribution is 2.16. The molecule has 0 bridgehead atoms.